The molecule has 2 aromatic rings. The second-order valence-corrected chi connectivity index (χ2v) is 4.09. The maximum atomic E-state index is 10.3. The van der Waals surface area contributed by atoms with Gasteiger partial charge in [0.05, 0.1) is 13.7 Å². The maximum absolute atomic E-state index is 10.3. The van der Waals surface area contributed by atoms with Gasteiger partial charge in [0.25, 0.3) is 0 Å². The van der Waals surface area contributed by atoms with Gasteiger partial charge in [0, 0.05) is 23.5 Å². The fourth-order valence-electron chi connectivity index (χ4n) is 1.90. The lowest BCUT2D eigenvalue weighted by Gasteiger charge is -2.10. The van der Waals surface area contributed by atoms with Crippen LogP contribution in [0, 0.1) is 0 Å². The number of carbonyl (C=O) groups is 1. The van der Waals surface area contributed by atoms with Crippen molar-refractivity contribution in [3.05, 3.63) is 30.5 Å². The molecule has 20 heavy (non-hydrogen) atoms. The van der Waals surface area contributed by atoms with E-state index in [1.54, 1.807) is 13.3 Å². The fourth-order valence-corrected chi connectivity index (χ4v) is 1.90. The van der Waals surface area contributed by atoms with E-state index in [0.29, 0.717) is 13.2 Å². The second kappa shape index (κ2) is 6.72. The van der Waals surface area contributed by atoms with Crippen LogP contribution >= 0.6 is 0 Å². The van der Waals surface area contributed by atoms with Crippen LogP contribution in [0.1, 0.15) is 0 Å². The molecular weight excluding hydrogens is 260 g/mol. The number of ether oxygens (including phenoxy) is 2. The van der Waals surface area contributed by atoms with Gasteiger partial charge in [-0.15, -0.1) is 0 Å². The van der Waals surface area contributed by atoms with Crippen LogP contribution in [0.3, 0.4) is 0 Å². The normalized spacial score (nSPS) is 10.4. The molecule has 0 bridgehead atoms. The lowest BCUT2D eigenvalue weighted by molar-refractivity contribution is -0.142. The molecule has 0 saturated heterocycles. The average molecular weight is 276 g/mol. The number of nitrogens with one attached hydrogen (secondary N) is 1. The lowest BCUT2D eigenvalue weighted by Crippen LogP contribution is -2.14. The fraction of sp³-hybridized carbons (Fsp3) is 0.286. The van der Waals surface area contributed by atoms with Gasteiger partial charge in [0.1, 0.15) is 18.2 Å². The van der Waals surface area contributed by atoms with Gasteiger partial charge in [-0.3, -0.25) is 0 Å². The largest absolute Gasteiger partial charge is 0.496 e. The van der Waals surface area contributed by atoms with Gasteiger partial charge in [-0.25, -0.2) is 9.78 Å². The van der Waals surface area contributed by atoms with E-state index >= 15 is 0 Å². The molecule has 6 heteroatoms. The van der Waals surface area contributed by atoms with Gasteiger partial charge in [0.15, 0.2) is 0 Å². The third-order valence-corrected chi connectivity index (χ3v) is 2.75. The minimum atomic E-state index is -0.974. The topological polar surface area (TPSA) is 80.7 Å². The molecule has 0 fully saturated rings. The van der Waals surface area contributed by atoms with Gasteiger partial charge in [-0.1, -0.05) is 12.1 Å². The summed E-state index contributed by atoms with van der Waals surface area (Å²) in [6.07, 6.45) is 1.70. The number of pyridine rings is 1. The number of fused-ring (bicyclic) bond motifs is 1. The number of carboxylic acids is 1. The molecule has 0 spiro atoms. The van der Waals surface area contributed by atoms with Crippen molar-refractivity contribution >= 4 is 22.6 Å². The first-order valence-electron chi connectivity index (χ1n) is 6.17. The van der Waals surface area contributed by atoms with Crippen LogP contribution in [0.4, 0.5) is 5.82 Å². The summed E-state index contributed by atoms with van der Waals surface area (Å²) >= 11 is 0. The molecule has 0 aliphatic carbocycles. The van der Waals surface area contributed by atoms with Crippen molar-refractivity contribution in [1.29, 1.82) is 0 Å². The molecule has 2 N–H and O–H groups in total. The molecule has 0 saturated carbocycles. The first-order valence-corrected chi connectivity index (χ1v) is 6.17. The lowest BCUT2D eigenvalue weighted by atomic mass is 10.1. The molecule has 0 atom stereocenters. The minimum absolute atomic E-state index is 0.293. The molecule has 1 aromatic heterocycles. The number of aliphatic carboxylic acids is 1. The maximum Gasteiger partial charge on any atom is 0.329 e. The van der Waals surface area contributed by atoms with Crippen LogP contribution in [0.25, 0.3) is 10.8 Å². The summed E-state index contributed by atoms with van der Waals surface area (Å²) in [5, 5.41) is 13.5. The van der Waals surface area contributed by atoms with Gasteiger partial charge in [0.2, 0.25) is 0 Å². The summed E-state index contributed by atoms with van der Waals surface area (Å²) in [5.41, 5.74) is 0. The number of hydrogen-bond donors (Lipinski definition) is 2. The molecule has 2 rings (SSSR count). The Bertz CT molecular complexity index is 601. The highest BCUT2D eigenvalue weighted by atomic mass is 16.5. The Balaban J connectivity index is 2.05. The van der Waals surface area contributed by atoms with Crippen LogP contribution in [0.5, 0.6) is 5.75 Å². The summed E-state index contributed by atoms with van der Waals surface area (Å²) in [7, 11) is 1.63. The number of nitrogens with zero attached hydrogens (tertiary/aromatic N) is 1. The van der Waals surface area contributed by atoms with E-state index < -0.39 is 5.97 Å². The smallest absolute Gasteiger partial charge is 0.329 e. The number of hydrogen-bond acceptors (Lipinski definition) is 5. The summed E-state index contributed by atoms with van der Waals surface area (Å²) in [6.45, 7) is 0.489. The SMILES string of the molecule is COc1cccc2c(NCCOCC(=O)O)nccc12. The van der Waals surface area contributed by atoms with Crippen LogP contribution in [0.2, 0.25) is 0 Å². The third-order valence-electron chi connectivity index (χ3n) is 2.75. The van der Waals surface area contributed by atoms with E-state index in [9.17, 15) is 4.79 Å². The van der Waals surface area contributed by atoms with Crippen molar-refractivity contribution < 1.29 is 19.4 Å². The average Bonchev–Trinajstić information content (AvgIpc) is 2.46. The van der Waals surface area contributed by atoms with Crippen molar-refractivity contribution in [2.24, 2.45) is 0 Å². The highest BCUT2D eigenvalue weighted by molar-refractivity contribution is 5.95. The predicted octanol–water partition coefficient (Wildman–Crippen LogP) is 1.76. The Morgan fingerprint density at radius 2 is 2.20 bits per heavy atom. The van der Waals surface area contributed by atoms with E-state index in [2.05, 4.69) is 10.3 Å². The monoisotopic (exact) mass is 276 g/mol. The number of anilines is 1. The quantitative estimate of drug-likeness (QED) is 0.750. The third kappa shape index (κ3) is 3.36. The molecule has 0 unspecified atom stereocenters. The molecule has 1 heterocycles. The van der Waals surface area contributed by atoms with Crippen molar-refractivity contribution in [2.75, 3.05) is 32.2 Å². The molecule has 0 aliphatic heterocycles. The Kier molecular flexibility index (Phi) is 4.73. The Morgan fingerprint density at radius 3 is 2.95 bits per heavy atom. The summed E-state index contributed by atoms with van der Waals surface area (Å²) < 4.78 is 10.3. The van der Waals surface area contributed by atoms with E-state index in [-0.39, 0.29) is 6.61 Å². The number of rotatable bonds is 7. The Morgan fingerprint density at radius 1 is 1.35 bits per heavy atom. The van der Waals surface area contributed by atoms with Gasteiger partial charge in [-0.05, 0) is 12.1 Å². The molecular formula is C14H16N2O4. The first kappa shape index (κ1) is 14.1. The van der Waals surface area contributed by atoms with Crippen LogP contribution in [0.15, 0.2) is 30.5 Å². The molecule has 0 radical (unpaired) electrons. The van der Waals surface area contributed by atoms with E-state index in [0.717, 1.165) is 22.3 Å². The Hall–Kier alpha value is -2.34. The van der Waals surface area contributed by atoms with E-state index in [4.69, 9.17) is 14.6 Å². The number of aromatic nitrogens is 1. The molecule has 106 valence electrons. The van der Waals surface area contributed by atoms with Crippen LogP contribution < -0.4 is 10.1 Å². The highest BCUT2D eigenvalue weighted by Crippen LogP contribution is 2.28. The molecule has 6 nitrogen and oxygen atoms in total. The van der Waals surface area contributed by atoms with E-state index in [1.165, 1.54) is 0 Å². The van der Waals surface area contributed by atoms with Crippen molar-refractivity contribution in [1.82, 2.24) is 4.98 Å². The van der Waals surface area contributed by atoms with Gasteiger partial charge < -0.3 is 19.9 Å². The predicted molar refractivity (Wildman–Crippen MR) is 75.2 cm³/mol. The minimum Gasteiger partial charge on any atom is -0.496 e. The number of methoxy groups -OCH3 is 1. The molecule has 0 amide bonds. The summed E-state index contributed by atoms with van der Waals surface area (Å²) in [4.78, 5) is 14.6. The number of carboxylic acid groups (broad SMARTS) is 1. The second-order valence-electron chi connectivity index (χ2n) is 4.09. The standard InChI is InChI=1S/C14H16N2O4/c1-19-12-4-2-3-11-10(12)5-6-15-14(11)16-7-8-20-9-13(17)18/h2-6H,7-9H2,1H3,(H,15,16)(H,17,18). The molecule has 1 aromatic carbocycles. The summed E-state index contributed by atoms with van der Waals surface area (Å²) in [5.74, 6) is 0.536. The van der Waals surface area contributed by atoms with Crippen LogP contribution in [-0.4, -0.2) is 42.9 Å². The first-order chi connectivity index (χ1) is 9.72. The summed E-state index contributed by atoms with van der Waals surface area (Å²) in [6, 6.07) is 7.63. The zero-order chi connectivity index (χ0) is 14.4. The highest BCUT2D eigenvalue weighted by Gasteiger charge is 2.05. The zero-order valence-corrected chi connectivity index (χ0v) is 11.1. The van der Waals surface area contributed by atoms with Gasteiger partial charge in [-0.2, -0.15) is 0 Å². The van der Waals surface area contributed by atoms with Crippen molar-refractivity contribution in [2.45, 2.75) is 0 Å². The zero-order valence-electron chi connectivity index (χ0n) is 11.1. The van der Waals surface area contributed by atoms with Crippen molar-refractivity contribution in [3.8, 4) is 5.75 Å². The number of benzene rings is 1. The van der Waals surface area contributed by atoms with Gasteiger partial charge >= 0.3 is 5.97 Å². The van der Waals surface area contributed by atoms with Crippen LogP contribution in [-0.2, 0) is 9.53 Å². The van der Waals surface area contributed by atoms with E-state index in [1.807, 2.05) is 24.3 Å². The Labute approximate surface area is 116 Å². The molecule has 0 aliphatic rings. The van der Waals surface area contributed by atoms with Crippen molar-refractivity contribution in [3.63, 3.8) is 0 Å².